The lowest BCUT2D eigenvalue weighted by Gasteiger charge is -2.08. The fourth-order valence-electron chi connectivity index (χ4n) is 1.71. The maximum Gasteiger partial charge on any atom is 0.251 e. The molecule has 1 amide bonds. The number of methoxy groups -OCH3 is 1. The van der Waals surface area contributed by atoms with Gasteiger partial charge < -0.3 is 14.8 Å². The molecule has 20 heavy (non-hydrogen) atoms. The topological polar surface area (TPSA) is 47.6 Å². The molecule has 0 unspecified atom stereocenters. The van der Waals surface area contributed by atoms with E-state index in [1.807, 2.05) is 25.1 Å². The first-order chi connectivity index (χ1) is 9.65. The molecular formula is C15H22BrNO3. The van der Waals surface area contributed by atoms with Crippen molar-refractivity contribution in [3.8, 4) is 0 Å². The maximum atomic E-state index is 12.0. The van der Waals surface area contributed by atoms with E-state index in [2.05, 4.69) is 21.2 Å². The van der Waals surface area contributed by atoms with Crippen LogP contribution in [0.15, 0.2) is 22.7 Å². The van der Waals surface area contributed by atoms with Crippen LogP contribution in [0.2, 0.25) is 0 Å². The highest BCUT2D eigenvalue weighted by molar-refractivity contribution is 9.10. The number of halogens is 1. The van der Waals surface area contributed by atoms with E-state index in [1.165, 1.54) is 0 Å². The molecule has 0 atom stereocenters. The Balaban J connectivity index is 2.18. The van der Waals surface area contributed by atoms with Crippen LogP contribution in [0.4, 0.5) is 0 Å². The first-order valence-electron chi connectivity index (χ1n) is 6.76. The molecule has 0 saturated carbocycles. The van der Waals surface area contributed by atoms with Crippen LogP contribution >= 0.6 is 15.9 Å². The number of nitrogens with one attached hydrogen (secondary N) is 1. The summed E-state index contributed by atoms with van der Waals surface area (Å²) in [6, 6.07) is 5.71. The van der Waals surface area contributed by atoms with Gasteiger partial charge in [-0.15, -0.1) is 0 Å². The van der Waals surface area contributed by atoms with E-state index in [-0.39, 0.29) is 5.91 Å². The van der Waals surface area contributed by atoms with Crippen LogP contribution in [0.5, 0.6) is 0 Å². The number of carbonyl (C=O) groups is 1. The van der Waals surface area contributed by atoms with Gasteiger partial charge in [0.25, 0.3) is 5.91 Å². The summed E-state index contributed by atoms with van der Waals surface area (Å²) < 4.78 is 11.2. The molecule has 1 rings (SSSR count). The summed E-state index contributed by atoms with van der Waals surface area (Å²) in [7, 11) is 1.66. The van der Waals surface area contributed by atoms with Gasteiger partial charge >= 0.3 is 0 Å². The Kier molecular flexibility index (Phi) is 8.49. The Hall–Kier alpha value is -0.910. The lowest BCUT2D eigenvalue weighted by Crippen LogP contribution is -2.25. The fourth-order valence-corrected chi connectivity index (χ4v) is 2.07. The third kappa shape index (κ3) is 6.50. The Labute approximate surface area is 129 Å². The average molecular weight is 344 g/mol. The minimum Gasteiger partial charge on any atom is -0.382 e. The number of amides is 1. The molecule has 0 heterocycles. The van der Waals surface area contributed by atoms with Gasteiger partial charge in [-0.3, -0.25) is 4.79 Å². The number of unbranched alkanes of at least 4 members (excludes halogenated alkanes) is 1. The molecule has 0 aliphatic rings. The Bertz CT molecular complexity index is 424. The van der Waals surface area contributed by atoms with Crippen molar-refractivity contribution < 1.29 is 14.3 Å². The van der Waals surface area contributed by atoms with E-state index in [9.17, 15) is 4.79 Å². The molecule has 1 N–H and O–H groups in total. The second-order valence-corrected chi connectivity index (χ2v) is 5.44. The largest absolute Gasteiger partial charge is 0.382 e. The van der Waals surface area contributed by atoms with E-state index < -0.39 is 0 Å². The Morgan fingerprint density at radius 1 is 1.25 bits per heavy atom. The summed E-state index contributed by atoms with van der Waals surface area (Å²) in [5, 5.41) is 2.93. The van der Waals surface area contributed by atoms with Crippen molar-refractivity contribution in [2.45, 2.75) is 19.8 Å². The zero-order valence-corrected chi connectivity index (χ0v) is 13.7. The summed E-state index contributed by atoms with van der Waals surface area (Å²) in [6.45, 7) is 4.55. The van der Waals surface area contributed by atoms with Gasteiger partial charge in [-0.05, 0) is 37.5 Å². The molecule has 0 spiro atoms. The van der Waals surface area contributed by atoms with Crippen molar-refractivity contribution in [3.63, 3.8) is 0 Å². The number of carbonyl (C=O) groups excluding carboxylic acids is 1. The lowest BCUT2D eigenvalue weighted by atomic mass is 10.1. The Morgan fingerprint density at radius 2 is 2.05 bits per heavy atom. The second kappa shape index (κ2) is 9.91. The fraction of sp³-hybridized carbons (Fsp3) is 0.533. The summed E-state index contributed by atoms with van der Waals surface area (Å²) >= 11 is 3.38. The molecule has 0 aromatic heterocycles. The lowest BCUT2D eigenvalue weighted by molar-refractivity contribution is 0.0686. The number of hydrogen-bond acceptors (Lipinski definition) is 3. The average Bonchev–Trinajstić information content (AvgIpc) is 2.44. The molecule has 0 radical (unpaired) electrons. The summed E-state index contributed by atoms with van der Waals surface area (Å²) in [4.78, 5) is 12.0. The molecular weight excluding hydrogens is 322 g/mol. The number of ether oxygens (including phenoxy) is 2. The van der Waals surface area contributed by atoms with Gasteiger partial charge in [0.2, 0.25) is 0 Å². The van der Waals surface area contributed by atoms with E-state index in [0.717, 1.165) is 28.4 Å². The predicted octanol–water partition coefficient (Wildman–Crippen LogP) is 2.93. The SMILES string of the molecule is COCCOCCCCNC(=O)c1cc(Br)ccc1C. The third-order valence-corrected chi connectivity index (χ3v) is 3.37. The molecule has 0 saturated heterocycles. The summed E-state index contributed by atoms with van der Waals surface area (Å²) in [5.74, 6) is -0.0240. The highest BCUT2D eigenvalue weighted by atomic mass is 79.9. The predicted molar refractivity (Wildman–Crippen MR) is 83.1 cm³/mol. The van der Waals surface area contributed by atoms with Crippen LogP contribution in [0.25, 0.3) is 0 Å². The van der Waals surface area contributed by atoms with Gasteiger partial charge in [0.15, 0.2) is 0 Å². The maximum absolute atomic E-state index is 12.0. The van der Waals surface area contributed by atoms with Crippen LogP contribution in [-0.4, -0.2) is 39.4 Å². The van der Waals surface area contributed by atoms with Crippen molar-refractivity contribution in [2.24, 2.45) is 0 Å². The molecule has 0 aliphatic heterocycles. The van der Waals surface area contributed by atoms with E-state index in [1.54, 1.807) is 7.11 Å². The molecule has 1 aromatic rings. The zero-order chi connectivity index (χ0) is 14.8. The van der Waals surface area contributed by atoms with Crippen LogP contribution in [0.1, 0.15) is 28.8 Å². The van der Waals surface area contributed by atoms with Crippen LogP contribution in [0.3, 0.4) is 0 Å². The molecule has 0 fully saturated rings. The smallest absolute Gasteiger partial charge is 0.251 e. The van der Waals surface area contributed by atoms with Crippen molar-refractivity contribution in [1.82, 2.24) is 5.32 Å². The number of hydrogen-bond donors (Lipinski definition) is 1. The third-order valence-electron chi connectivity index (χ3n) is 2.88. The van der Waals surface area contributed by atoms with E-state index in [4.69, 9.17) is 9.47 Å². The van der Waals surface area contributed by atoms with Crippen LogP contribution in [-0.2, 0) is 9.47 Å². The highest BCUT2D eigenvalue weighted by Gasteiger charge is 2.08. The normalized spacial score (nSPS) is 10.6. The Morgan fingerprint density at radius 3 is 2.80 bits per heavy atom. The monoisotopic (exact) mass is 343 g/mol. The van der Waals surface area contributed by atoms with Gasteiger partial charge in [0.1, 0.15) is 0 Å². The molecule has 0 aliphatic carbocycles. The number of aryl methyl sites for hydroxylation is 1. The van der Waals surface area contributed by atoms with E-state index in [0.29, 0.717) is 26.4 Å². The molecule has 4 nitrogen and oxygen atoms in total. The molecule has 0 bridgehead atoms. The van der Waals surface area contributed by atoms with Crippen LogP contribution in [0, 0.1) is 6.92 Å². The van der Waals surface area contributed by atoms with Gasteiger partial charge in [-0.25, -0.2) is 0 Å². The summed E-state index contributed by atoms with van der Waals surface area (Å²) in [5.41, 5.74) is 1.70. The van der Waals surface area contributed by atoms with Crippen molar-refractivity contribution in [3.05, 3.63) is 33.8 Å². The minimum atomic E-state index is -0.0240. The first kappa shape index (κ1) is 17.1. The van der Waals surface area contributed by atoms with Crippen molar-refractivity contribution in [2.75, 3.05) is 33.5 Å². The standard InChI is InChI=1S/C15H22BrNO3/c1-12-5-6-13(16)11-14(12)15(18)17-7-3-4-8-20-10-9-19-2/h5-6,11H,3-4,7-10H2,1-2H3,(H,17,18). The second-order valence-electron chi connectivity index (χ2n) is 4.53. The molecule has 1 aromatic carbocycles. The van der Waals surface area contributed by atoms with E-state index >= 15 is 0 Å². The highest BCUT2D eigenvalue weighted by Crippen LogP contribution is 2.15. The van der Waals surface area contributed by atoms with Crippen molar-refractivity contribution >= 4 is 21.8 Å². The molecule has 112 valence electrons. The van der Waals surface area contributed by atoms with Gasteiger partial charge in [-0.2, -0.15) is 0 Å². The minimum absolute atomic E-state index is 0.0240. The van der Waals surface area contributed by atoms with Crippen molar-refractivity contribution in [1.29, 1.82) is 0 Å². The van der Waals surface area contributed by atoms with Gasteiger partial charge in [-0.1, -0.05) is 22.0 Å². The van der Waals surface area contributed by atoms with Crippen LogP contribution < -0.4 is 5.32 Å². The first-order valence-corrected chi connectivity index (χ1v) is 7.55. The number of rotatable bonds is 9. The summed E-state index contributed by atoms with van der Waals surface area (Å²) in [6.07, 6.45) is 1.84. The zero-order valence-electron chi connectivity index (χ0n) is 12.1. The van der Waals surface area contributed by atoms with Gasteiger partial charge in [0.05, 0.1) is 13.2 Å². The quantitative estimate of drug-likeness (QED) is 0.701. The number of benzene rings is 1. The van der Waals surface area contributed by atoms with Gasteiger partial charge in [0, 0.05) is 30.3 Å². The molecule has 5 heteroatoms.